The molecule has 0 aromatic rings. The van der Waals surface area contributed by atoms with Crippen molar-refractivity contribution in [2.45, 2.75) is 103 Å². The van der Waals surface area contributed by atoms with Crippen molar-refractivity contribution in [2.24, 2.45) is 17.8 Å². The normalized spacial score (nSPS) is 29.1. The third-order valence-electron chi connectivity index (χ3n) is 6.41. The van der Waals surface area contributed by atoms with Crippen LogP contribution >= 0.6 is 0 Å². The van der Waals surface area contributed by atoms with Crippen LogP contribution in [-0.4, -0.2) is 12.7 Å². The summed E-state index contributed by atoms with van der Waals surface area (Å²) in [4.78, 5) is 0. The summed E-state index contributed by atoms with van der Waals surface area (Å²) in [5, 5.41) is 0. The Morgan fingerprint density at radius 3 is 1.85 bits per heavy atom. The smallest absolute Gasteiger partial charge is 0.0575 e. The maximum atomic E-state index is 5.95. The molecule has 152 valence electrons. The lowest BCUT2D eigenvalue weighted by Crippen LogP contribution is -2.21. The molecule has 2 aliphatic carbocycles. The summed E-state index contributed by atoms with van der Waals surface area (Å²) < 4.78 is 5.95. The van der Waals surface area contributed by atoms with E-state index in [0.717, 1.165) is 18.4 Å². The number of unbranched alkanes of at least 4 members (excludes halogenated alkanes) is 2. The van der Waals surface area contributed by atoms with Crippen LogP contribution in [0.1, 0.15) is 97.3 Å². The van der Waals surface area contributed by atoms with E-state index in [-0.39, 0.29) is 0 Å². The van der Waals surface area contributed by atoms with Gasteiger partial charge in [0, 0.05) is 6.61 Å². The summed E-state index contributed by atoms with van der Waals surface area (Å²) in [7, 11) is 0. The molecule has 0 bridgehead atoms. The van der Waals surface area contributed by atoms with Gasteiger partial charge >= 0.3 is 0 Å². The van der Waals surface area contributed by atoms with E-state index in [1.54, 1.807) is 0 Å². The Balaban J connectivity index is 1.57. The molecule has 0 amide bonds. The van der Waals surface area contributed by atoms with Gasteiger partial charge in [0.25, 0.3) is 0 Å². The van der Waals surface area contributed by atoms with Gasteiger partial charge in [-0.1, -0.05) is 63.5 Å². The first-order valence-corrected chi connectivity index (χ1v) is 11.8. The van der Waals surface area contributed by atoms with Crippen LogP contribution in [-0.2, 0) is 4.74 Å². The molecule has 0 heterocycles. The number of hydrogen-bond donors (Lipinski definition) is 0. The fourth-order valence-electron chi connectivity index (χ4n) is 4.47. The molecule has 0 saturated heterocycles. The Hall–Kier alpha value is -1.00. The topological polar surface area (TPSA) is 9.23 Å². The standard InChI is InChI=1S/C26H42O/c1-3-5-11-23-14-16-24(17-15-23)12-9-7-8-10-13-25-18-20-26(21-19-25)27-22-6-4-2/h9-10,12-13,23-26H,3-6,11,14-22H2,1-2H3/t23-,24-,25-,26-. The Morgan fingerprint density at radius 2 is 1.30 bits per heavy atom. The van der Waals surface area contributed by atoms with Crippen LogP contribution in [0, 0.1) is 29.6 Å². The van der Waals surface area contributed by atoms with Crippen molar-refractivity contribution in [2.75, 3.05) is 6.61 Å². The Labute approximate surface area is 169 Å². The van der Waals surface area contributed by atoms with Gasteiger partial charge in [-0.3, -0.25) is 0 Å². The highest BCUT2D eigenvalue weighted by molar-refractivity contribution is 5.24. The van der Waals surface area contributed by atoms with Gasteiger partial charge < -0.3 is 4.74 Å². The maximum absolute atomic E-state index is 5.95. The third kappa shape index (κ3) is 9.66. The summed E-state index contributed by atoms with van der Waals surface area (Å²) in [6.45, 7) is 5.47. The predicted octanol–water partition coefficient (Wildman–Crippen LogP) is 7.47. The molecular weight excluding hydrogens is 328 g/mol. The van der Waals surface area contributed by atoms with Crippen LogP contribution in [0.3, 0.4) is 0 Å². The predicted molar refractivity (Wildman–Crippen MR) is 118 cm³/mol. The second-order valence-electron chi connectivity index (χ2n) is 8.69. The molecule has 2 fully saturated rings. The van der Waals surface area contributed by atoms with Gasteiger partial charge in [0.1, 0.15) is 0 Å². The molecule has 0 spiro atoms. The van der Waals surface area contributed by atoms with Crippen LogP contribution in [0.25, 0.3) is 0 Å². The molecule has 27 heavy (non-hydrogen) atoms. The van der Waals surface area contributed by atoms with Gasteiger partial charge in [-0.05, 0) is 87.7 Å². The molecule has 0 radical (unpaired) electrons. The van der Waals surface area contributed by atoms with Crippen molar-refractivity contribution in [3.63, 3.8) is 0 Å². The van der Waals surface area contributed by atoms with Crippen molar-refractivity contribution < 1.29 is 4.74 Å². The first kappa shape index (κ1) is 22.3. The SMILES string of the molecule is CCCCO[C@H]1CC[C@H](C=CC#CC=C[C@H]2CC[C@H](CCCC)CC2)CC1. The largest absolute Gasteiger partial charge is 0.378 e. The molecular formula is C26H42O. The zero-order chi connectivity index (χ0) is 19.2. The molecule has 0 aromatic carbocycles. The molecule has 0 aromatic heterocycles. The summed E-state index contributed by atoms with van der Waals surface area (Å²) in [5.74, 6) is 8.90. The van der Waals surface area contributed by atoms with Crippen LogP contribution in [0.4, 0.5) is 0 Å². The highest BCUT2D eigenvalue weighted by Gasteiger charge is 2.20. The summed E-state index contributed by atoms with van der Waals surface area (Å²) in [5.41, 5.74) is 0. The minimum atomic E-state index is 0.507. The minimum Gasteiger partial charge on any atom is -0.378 e. The van der Waals surface area contributed by atoms with Gasteiger partial charge in [-0.25, -0.2) is 0 Å². The summed E-state index contributed by atoms with van der Waals surface area (Å²) in [6, 6.07) is 0. The maximum Gasteiger partial charge on any atom is 0.0575 e. The van der Waals surface area contributed by atoms with Gasteiger partial charge in [-0.15, -0.1) is 0 Å². The lowest BCUT2D eigenvalue weighted by molar-refractivity contribution is 0.0209. The zero-order valence-corrected chi connectivity index (χ0v) is 17.9. The number of ether oxygens (including phenoxy) is 1. The van der Waals surface area contributed by atoms with E-state index < -0.39 is 0 Å². The van der Waals surface area contributed by atoms with E-state index in [2.05, 4.69) is 50.0 Å². The highest BCUT2D eigenvalue weighted by atomic mass is 16.5. The van der Waals surface area contributed by atoms with Gasteiger partial charge in [0.15, 0.2) is 0 Å². The fraction of sp³-hybridized carbons (Fsp3) is 0.769. The average Bonchev–Trinajstić information content (AvgIpc) is 2.71. The minimum absolute atomic E-state index is 0.507. The molecule has 1 nitrogen and oxygen atoms in total. The molecule has 2 rings (SSSR count). The van der Waals surface area contributed by atoms with E-state index in [9.17, 15) is 0 Å². The Bertz CT molecular complexity index is 476. The number of allylic oxidation sites excluding steroid dienone is 4. The molecule has 1 heteroatoms. The van der Waals surface area contributed by atoms with Crippen LogP contribution in [0.15, 0.2) is 24.3 Å². The molecule has 2 aliphatic rings. The monoisotopic (exact) mass is 370 g/mol. The van der Waals surface area contributed by atoms with E-state index in [4.69, 9.17) is 4.74 Å². The molecule has 2 saturated carbocycles. The van der Waals surface area contributed by atoms with Crippen LogP contribution < -0.4 is 0 Å². The van der Waals surface area contributed by atoms with Crippen molar-refractivity contribution >= 4 is 0 Å². The quantitative estimate of drug-likeness (QED) is 0.302. The van der Waals surface area contributed by atoms with Crippen LogP contribution in [0.5, 0.6) is 0 Å². The first-order chi connectivity index (χ1) is 13.3. The second kappa shape index (κ2) is 14.1. The summed E-state index contributed by atoms with van der Waals surface area (Å²) in [6.07, 6.45) is 26.5. The zero-order valence-electron chi connectivity index (χ0n) is 17.9. The molecule has 0 aliphatic heterocycles. The van der Waals surface area contributed by atoms with Crippen molar-refractivity contribution in [3.05, 3.63) is 24.3 Å². The van der Waals surface area contributed by atoms with E-state index in [1.807, 2.05) is 0 Å². The number of rotatable bonds is 9. The lowest BCUT2D eigenvalue weighted by atomic mass is 9.80. The lowest BCUT2D eigenvalue weighted by Gasteiger charge is -2.26. The van der Waals surface area contributed by atoms with Gasteiger partial charge in [0.2, 0.25) is 0 Å². The van der Waals surface area contributed by atoms with Crippen molar-refractivity contribution in [3.8, 4) is 11.8 Å². The van der Waals surface area contributed by atoms with E-state index in [0.29, 0.717) is 12.0 Å². The van der Waals surface area contributed by atoms with E-state index >= 15 is 0 Å². The molecule has 0 atom stereocenters. The molecule has 0 unspecified atom stereocenters. The Morgan fingerprint density at radius 1 is 0.741 bits per heavy atom. The highest BCUT2D eigenvalue weighted by Crippen LogP contribution is 2.32. The van der Waals surface area contributed by atoms with Gasteiger partial charge in [0.05, 0.1) is 6.10 Å². The second-order valence-corrected chi connectivity index (χ2v) is 8.69. The average molecular weight is 371 g/mol. The van der Waals surface area contributed by atoms with E-state index in [1.165, 1.54) is 83.5 Å². The summed E-state index contributed by atoms with van der Waals surface area (Å²) >= 11 is 0. The van der Waals surface area contributed by atoms with Crippen molar-refractivity contribution in [1.29, 1.82) is 0 Å². The molecule has 0 N–H and O–H groups in total. The van der Waals surface area contributed by atoms with Crippen molar-refractivity contribution in [1.82, 2.24) is 0 Å². The third-order valence-corrected chi connectivity index (χ3v) is 6.41. The number of hydrogen-bond acceptors (Lipinski definition) is 1. The fourth-order valence-corrected chi connectivity index (χ4v) is 4.47. The van der Waals surface area contributed by atoms with Crippen LogP contribution in [0.2, 0.25) is 0 Å². The van der Waals surface area contributed by atoms with Gasteiger partial charge in [-0.2, -0.15) is 0 Å². The first-order valence-electron chi connectivity index (χ1n) is 11.8. The Kier molecular flexibility index (Phi) is 11.6.